The van der Waals surface area contributed by atoms with Crippen molar-refractivity contribution >= 4 is 23.8 Å². The molecule has 0 aromatic carbocycles. The van der Waals surface area contributed by atoms with Gasteiger partial charge in [-0.1, -0.05) is 140 Å². The third-order valence-electron chi connectivity index (χ3n) is 9.28. The van der Waals surface area contributed by atoms with Gasteiger partial charge in [0, 0.05) is 12.8 Å². The molecule has 0 aliphatic rings. The van der Waals surface area contributed by atoms with Gasteiger partial charge in [0.2, 0.25) is 11.8 Å². The molecule has 0 aliphatic heterocycles. The molecular weight excluding hydrogens is 681 g/mol. The highest BCUT2D eigenvalue weighted by atomic mass is 16.5. The number of carboxylic acids is 1. The summed E-state index contributed by atoms with van der Waals surface area (Å²) in [5.74, 6) is -2.36. The van der Waals surface area contributed by atoms with Gasteiger partial charge < -0.3 is 25.6 Å². The quantitative estimate of drug-likeness (QED) is 0.0279. The van der Waals surface area contributed by atoms with Crippen LogP contribution < -0.4 is 10.6 Å². The van der Waals surface area contributed by atoms with Crippen LogP contribution in [0.3, 0.4) is 0 Å². The summed E-state index contributed by atoms with van der Waals surface area (Å²) >= 11 is 0. The lowest BCUT2D eigenvalue weighted by molar-refractivity contribution is -0.147. The van der Waals surface area contributed by atoms with Crippen LogP contribution in [0.25, 0.3) is 0 Å². The summed E-state index contributed by atoms with van der Waals surface area (Å²) < 4.78 is 5.92. The monoisotopic (exact) mass is 759 g/mol. The molecule has 0 rings (SSSR count). The van der Waals surface area contributed by atoms with Gasteiger partial charge in [-0.15, -0.1) is 0 Å². The Kier molecular flexibility index (Phi) is 37.2. The van der Waals surface area contributed by atoms with E-state index in [1.807, 2.05) is 0 Å². The average molecular weight is 759 g/mol. The minimum Gasteiger partial charge on any atom is -0.480 e. The zero-order valence-electron chi connectivity index (χ0n) is 34.2. The molecule has 54 heavy (non-hydrogen) atoms. The summed E-state index contributed by atoms with van der Waals surface area (Å²) in [6.45, 7) is 3.43. The minimum atomic E-state index is -1.38. The summed E-state index contributed by atoms with van der Waals surface area (Å²) in [7, 11) is 0. The van der Waals surface area contributed by atoms with Crippen LogP contribution in [0.15, 0.2) is 48.6 Å². The number of carboxylic acid groups (broad SMARTS) is 1. The molecule has 0 radical (unpaired) electrons. The molecule has 0 saturated heterocycles. The van der Waals surface area contributed by atoms with Gasteiger partial charge in [-0.25, -0.2) is 4.79 Å². The Morgan fingerprint density at radius 1 is 0.574 bits per heavy atom. The predicted octanol–water partition coefficient (Wildman–Crippen LogP) is 10.4. The van der Waals surface area contributed by atoms with Gasteiger partial charge in [-0.2, -0.15) is 0 Å². The van der Waals surface area contributed by atoms with E-state index in [1.54, 1.807) is 0 Å². The van der Waals surface area contributed by atoms with Crippen LogP contribution in [0, 0.1) is 0 Å². The number of allylic oxidation sites excluding steroid dienone is 7. The lowest BCUT2D eigenvalue weighted by atomic mass is 10.1. The summed E-state index contributed by atoms with van der Waals surface area (Å²) in [4.78, 5) is 47.4. The van der Waals surface area contributed by atoms with Gasteiger partial charge in [-0.3, -0.25) is 14.4 Å². The van der Waals surface area contributed by atoms with E-state index in [-0.39, 0.29) is 24.5 Å². The van der Waals surface area contributed by atoms with Crippen molar-refractivity contribution in [1.82, 2.24) is 10.6 Å². The summed E-state index contributed by atoms with van der Waals surface area (Å²) in [6.07, 6.45) is 45.8. The molecule has 2 atom stereocenters. The molecule has 0 spiro atoms. The van der Waals surface area contributed by atoms with Crippen molar-refractivity contribution in [2.45, 2.75) is 199 Å². The van der Waals surface area contributed by atoms with E-state index in [2.05, 4.69) is 73.1 Å². The number of aliphatic hydroxyl groups excluding tert-OH is 1. The maximum absolute atomic E-state index is 12.7. The normalized spacial score (nSPS) is 12.9. The van der Waals surface area contributed by atoms with E-state index in [1.165, 1.54) is 70.6 Å². The van der Waals surface area contributed by atoms with Crippen LogP contribution >= 0.6 is 0 Å². The van der Waals surface area contributed by atoms with E-state index < -0.39 is 24.5 Å². The Morgan fingerprint density at radius 3 is 1.59 bits per heavy atom. The standard InChI is InChI=1S/C45H78N2O7/c1-3-5-7-9-11-13-14-15-16-17-18-19-21-23-29-33-37-44(51)54-40(34-30-26-22-20-12-10-8-6-4-2)35-31-27-24-25-28-32-36-42(49)46-38-43(50)47-41(39-48)45(52)53/h13-14,16-17,20,22,30,34,40-41,48H,3-12,15,18-19,21,23-29,31-33,35-39H2,1-2H3,(H,46,49)(H,47,50)(H,52,53)/b14-13-,17-16-,22-20-,34-30-. The molecule has 310 valence electrons. The zero-order chi connectivity index (χ0) is 39.7. The minimum absolute atomic E-state index is 0.108. The van der Waals surface area contributed by atoms with E-state index in [9.17, 15) is 19.2 Å². The summed E-state index contributed by atoms with van der Waals surface area (Å²) in [5, 5.41) is 22.5. The van der Waals surface area contributed by atoms with Crippen molar-refractivity contribution in [3.8, 4) is 0 Å². The number of esters is 1. The number of aliphatic hydroxyl groups is 1. The molecule has 4 N–H and O–H groups in total. The fourth-order valence-electron chi connectivity index (χ4n) is 5.93. The molecule has 9 nitrogen and oxygen atoms in total. The molecule has 0 bridgehead atoms. The van der Waals surface area contributed by atoms with Crippen LogP contribution in [0.5, 0.6) is 0 Å². The molecule has 9 heteroatoms. The molecule has 0 fully saturated rings. The Bertz CT molecular complexity index is 1050. The van der Waals surface area contributed by atoms with E-state index in [0.717, 1.165) is 83.5 Å². The van der Waals surface area contributed by atoms with Crippen molar-refractivity contribution in [2.75, 3.05) is 13.2 Å². The first-order valence-electron chi connectivity index (χ1n) is 21.5. The molecule has 2 unspecified atom stereocenters. The van der Waals surface area contributed by atoms with Crippen LogP contribution in [0.4, 0.5) is 0 Å². The average Bonchev–Trinajstić information content (AvgIpc) is 3.15. The smallest absolute Gasteiger partial charge is 0.328 e. The van der Waals surface area contributed by atoms with Crippen molar-refractivity contribution in [2.24, 2.45) is 0 Å². The second kappa shape index (κ2) is 39.5. The zero-order valence-corrected chi connectivity index (χ0v) is 34.2. The van der Waals surface area contributed by atoms with Crippen molar-refractivity contribution in [1.29, 1.82) is 0 Å². The van der Waals surface area contributed by atoms with Gasteiger partial charge in [0.15, 0.2) is 0 Å². The molecule has 0 aliphatic carbocycles. The second-order valence-corrected chi connectivity index (χ2v) is 14.4. The highest BCUT2D eigenvalue weighted by Gasteiger charge is 2.18. The lowest BCUT2D eigenvalue weighted by Gasteiger charge is -2.15. The first-order chi connectivity index (χ1) is 26.3. The number of hydrogen-bond donors (Lipinski definition) is 4. The van der Waals surface area contributed by atoms with Crippen LogP contribution in [0.2, 0.25) is 0 Å². The highest BCUT2D eigenvalue weighted by Crippen LogP contribution is 2.15. The van der Waals surface area contributed by atoms with Crippen molar-refractivity contribution < 1.29 is 34.1 Å². The van der Waals surface area contributed by atoms with Crippen molar-refractivity contribution in [3.05, 3.63) is 48.6 Å². The SMILES string of the molecule is CCCCCC/C=C\C/C=C\CCCCCCCC(=O)OC(/C=C\C/C=C\CCCCCC)CCCCCCCCC(=O)NCC(=O)NC(CO)C(=O)O. The van der Waals surface area contributed by atoms with Crippen LogP contribution in [0.1, 0.15) is 187 Å². The van der Waals surface area contributed by atoms with E-state index in [4.69, 9.17) is 14.9 Å². The summed E-state index contributed by atoms with van der Waals surface area (Å²) in [6, 6.07) is -1.38. The van der Waals surface area contributed by atoms with Gasteiger partial charge in [-0.05, 0) is 83.1 Å². The lowest BCUT2D eigenvalue weighted by Crippen LogP contribution is -2.47. The Labute approximate surface area is 328 Å². The molecule has 0 heterocycles. The Balaban J connectivity index is 4.32. The fraction of sp³-hybridized carbons (Fsp3) is 0.733. The third kappa shape index (κ3) is 35.8. The van der Waals surface area contributed by atoms with Gasteiger partial charge in [0.05, 0.1) is 13.2 Å². The molecule has 0 aromatic heterocycles. The van der Waals surface area contributed by atoms with Crippen LogP contribution in [-0.4, -0.2) is 59.3 Å². The number of carbonyl (C=O) groups excluding carboxylic acids is 3. The number of ether oxygens (including phenoxy) is 1. The predicted molar refractivity (Wildman–Crippen MR) is 222 cm³/mol. The largest absolute Gasteiger partial charge is 0.480 e. The number of nitrogens with one attached hydrogen (secondary N) is 2. The Hall–Kier alpha value is -3.20. The van der Waals surface area contributed by atoms with E-state index >= 15 is 0 Å². The molecular formula is C45H78N2O7. The molecule has 0 aromatic rings. The Morgan fingerprint density at radius 2 is 1.06 bits per heavy atom. The van der Waals surface area contributed by atoms with Crippen molar-refractivity contribution in [3.63, 3.8) is 0 Å². The number of aliphatic carboxylic acids is 1. The maximum atomic E-state index is 12.7. The summed E-state index contributed by atoms with van der Waals surface area (Å²) in [5.41, 5.74) is 0. The topological polar surface area (TPSA) is 142 Å². The molecule has 0 saturated carbocycles. The maximum Gasteiger partial charge on any atom is 0.328 e. The van der Waals surface area contributed by atoms with E-state index in [0.29, 0.717) is 19.3 Å². The van der Waals surface area contributed by atoms with Gasteiger partial charge >= 0.3 is 11.9 Å². The van der Waals surface area contributed by atoms with Crippen LogP contribution in [-0.2, 0) is 23.9 Å². The second-order valence-electron chi connectivity index (χ2n) is 14.4. The number of rotatable bonds is 38. The van der Waals surface area contributed by atoms with Gasteiger partial charge in [0.25, 0.3) is 0 Å². The van der Waals surface area contributed by atoms with Gasteiger partial charge in [0.1, 0.15) is 12.1 Å². The number of carbonyl (C=O) groups is 4. The number of unbranched alkanes of at least 4 members (excludes halogenated alkanes) is 18. The first-order valence-corrected chi connectivity index (χ1v) is 21.5. The number of amides is 2. The highest BCUT2D eigenvalue weighted by molar-refractivity contribution is 5.87. The first kappa shape index (κ1) is 50.8. The number of hydrogen-bond acceptors (Lipinski definition) is 6. The fourth-order valence-corrected chi connectivity index (χ4v) is 5.93. The molecule has 2 amide bonds. The third-order valence-corrected chi connectivity index (χ3v) is 9.28.